The van der Waals surface area contributed by atoms with Gasteiger partial charge in [0.1, 0.15) is 5.60 Å². The van der Waals surface area contributed by atoms with Gasteiger partial charge in [-0.25, -0.2) is 9.59 Å². The first-order valence-electron chi connectivity index (χ1n) is 9.74. The summed E-state index contributed by atoms with van der Waals surface area (Å²) in [5, 5.41) is 21.9. The lowest BCUT2D eigenvalue weighted by atomic mass is 9.98. The topological polar surface area (TPSA) is 113 Å². The number of carbonyl (C=O) groups excluding carboxylic acids is 2. The molecule has 8 heteroatoms. The quantitative estimate of drug-likeness (QED) is 0.443. The highest BCUT2D eigenvalue weighted by atomic mass is 35.5. The minimum absolute atomic E-state index is 0.217. The van der Waals surface area contributed by atoms with Gasteiger partial charge in [-0.05, 0) is 56.0 Å². The summed E-state index contributed by atoms with van der Waals surface area (Å²) in [5.74, 6) is -3.47. The van der Waals surface area contributed by atoms with Gasteiger partial charge >= 0.3 is 17.8 Å². The normalized spacial score (nSPS) is 13.2. The lowest BCUT2D eigenvalue weighted by Crippen LogP contribution is -2.45. The van der Waals surface area contributed by atoms with E-state index in [2.05, 4.69) is 5.32 Å². The van der Waals surface area contributed by atoms with Crippen molar-refractivity contribution in [1.29, 1.82) is 0 Å². The molecule has 7 nitrogen and oxygen atoms in total. The first-order valence-corrected chi connectivity index (χ1v) is 10.1. The van der Waals surface area contributed by atoms with Crippen LogP contribution in [0.25, 0.3) is 11.1 Å². The molecule has 0 saturated heterocycles. The molecule has 3 N–H and O–H groups in total. The van der Waals surface area contributed by atoms with Crippen molar-refractivity contribution in [3.8, 4) is 11.1 Å². The van der Waals surface area contributed by atoms with Crippen molar-refractivity contribution < 1.29 is 29.3 Å². The Kier molecular flexibility index (Phi) is 8.19. The van der Waals surface area contributed by atoms with Crippen LogP contribution in [0.3, 0.4) is 0 Å². The molecule has 31 heavy (non-hydrogen) atoms. The molecule has 0 radical (unpaired) electrons. The van der Waals surface area contributed by atoms with E-state index in [1.807, 2.05) is 42.5 Å². The first kappa shape index (κ1) is 24.4. The Morgan fingerprint density at radius 2 is 1.71 bits per heavy atom. The number of hydrogen-bond donors (Lipinski definition) is 3. The van der Waals surface area contributed by atoms with Crippen LogP contribution in [-0.4, -0.2) is 45.8 Å². The first-order chi connectivity index (χ1) is 14.4. The van der Waals surface area contributed by atoms with E-state index in [4.69, 9.17) is 21.4 Å². The Balaban J connectivity index is 2.14. The van der Waals surface area contributed by atoms with Crippen LogP contribution in [0.4, 0.5) is 0 Å². The molecule has 166 valence electrons. The third-order valence-corrected chi connectivity index (χ3v) is 4.54. The van der Waals surface area contributed by atoms with Crippen LogP contribution in [0, 0.1) is 0 Å². The van der Waals surface area contributed by atoms with Gasteiger partial charge in [0.2, 0.25) is 0 Å². The number of hydrogen-bond acceptors (Lipinski definition) is 5. The number of benzene rings is 2. The smallest absolute Gasteiger partial charge is 0.397 e. The molecule has 2 aromatic rings. The van der Waals surface area contributed by atoms with Gasteiger partial charge < -0.3 is 20.3 Å². The lowest BCUT2D eigenvalue weighted by Gasteiger charge is -2.22. The average Bonchev–Trinajstić information content (AvgIpc) is 2.67. The second-order valence-electron chi connectivity index (χ2n) is 8.17. The van der Waals surface area contributed by atoms with Crippen LogP contribution >= 0.6 is 11.6 Å². The third-order valence-electron chi connectivity index (χ3n) is 4.31. The fraction of sp³-hybridized carbons (Fsp3) is 0.348. The van der Waals surface area contributed by atoms with Crippen LogP contribution in [0.2, 0.25) is 5.02 Å². The average molecular weight is 448 g/mol. The van der Waals surface area contributed by atoms with Crippen LogP contribution < -0.4 is 5.32 Å². The van der Waals surface area contributed by atoms with E-state index in [1.54, 1.807) is 26.8 Å². The van der Waals surface area contributed by atoms with Crippen molar-refractivity contribution in [3.05, 3.63) is 59.1 Å². The zero-order chi connectivity index (χ0) is 23.2. The standard InChI is InChI=1S/C23H26ClNO6/c1-23(2,3)31-22(30)20(27)25-18(13-19(26)21(28)29)11-14-7-9-15(10-8-14)16-5-4-6-17(24)12-16/h4-10,12,18-19,26H,11,13H2,1-3H3,(H,25,27)(H,28,29). The Bertz CT molecular complexity index is 936. The van der Waals surface area contributed by atoms with E-state index in [0.717, 1.165) is 16.7 Å². The molecular weight excluding hydrogens is 422 g/mol. The monoisotopic (exact) mass is 447 g/mol. The number of carboxylic acids is 1. The number of esters is 1. The summed E-state index contributed by atoms with van der Waals surface area (Å²) in [7, 11) is 0. The molecule has 2 aromatic carbocycles. The molecule has 2 rings (SSSR count). The van der Waals surface area contributed by atoms with Gasteiger partial charge in [-0.3, -0.25) is 4.79 Å². The Labute approximate surface area is 186 Å². The zero-order valence-corrected chi connectivity index (χ0v) is 18.3. The number of amides is 1. The molecule has 0 aliphatic heterocycles. The molecule has 0 aliphatic rings. The maximum Gasteiger partial charge on any atom is 0.397 e. The number of aliphatic hydroxyl groups is 1. The Hall–Kier alpha value is -2.90. The van der Waals surface area contributed by atoms with E-state index >= 15 is 0 Å². The van der Waals surface area contributed by atoms with Gasteiger partial charge in [-0.15, -0.1) is 0 Å². The summed E-state index contributed by atoms with van der Waals surface area (Å²) >= 11 is 6.03. The molecule has 0 aromatic heterocycles. The highest BCUT2D eigenvalue weighted by Gasteiger charge is 2.27. The van der Waals surface area contributed by atoms with E-state index in [0.29, 0.717) is 5.02 Å². The molecule has 0 bridgehead atoms. The lowest BCUT2D eigenvalue weighted by molar-refractivity contribution is -0.163. The van der Waals surface area contributed by atoms with E-state index in [9.17, 15) is 19.5 Å². The SMILES string of the molecule is CC(C)(C)OC(=O)C(=O)NC(Cc1ccc(-c2cccc(Cl)c2)cc1)CC(O)C(=O)O. The second kappa shape index (κ2) is 10.4. The fourth-order valence-electron chi connectivity index (χ4n) is 2.92. The summed E-state index contributed by atoms with van der Waals surface area (Å²) < 4.78 is 5.04. The van der Waals surface area contributed by atoms with Gasteiger partial charge in [-0.2, -0.15) is 0 Å². The number of nitrogens with one attached hydrogen (secondary N) is 1. The van der Waals surface area contributed by atoms with Crippen LogP contribution in [0.1, 0.15) is 32.8 Å². The highest BCUT2D eigenvalue weighted by Crippen LogP contribution is 2.23. The predicted octanol–water partition coefficient (Wildman–Crippen LogP) is 3.21. The van der Waals surface area contributed by atoms with Crippen molar-refractivity contribution in [3.63, 3.8) is 0 Å². The van der Waals surface area contributed by atoms with Gasteiger partial charge in [0, 0.05) is 17.5 Å². The highest BCUT2D eigenvalue weighted by molar-refractivity contribution is 6.32. The van der Waals surface area contributed by atoms with Crippen LogP contribution in [0.5, 0.6) is 0 Å². The summed E-state index contributed by atoms with van der Waals surface area (Å²) in [4.78, 5) is 35.2. The minimum atomic E-state index is -1.69. The molecular formula is C23H26ClNO6. The fourth-order valence-corrected chi connectivity index (χ4v) is 3.11. The molecule has 0 aliphatic carbocycles. The summed E-state index contributed by atoms with van der Waals surface area (Å²) in [6, 6.07) is 14.0. The second-order valence-corrected chi connectivity index (χ2v) is 8.61. The number of carbonyl (C=O) groups is 3. The van der Waals surface area contributed by atoms with Crippen molar-refractivity contribution in [2.24, 2.45) is 0 Å². The summed E-state index contributed by atoms with van der Waals surface area (Å²) in [6.07, 6.45) is -1.73. The molecule has 0 spiro atoms. The maximum absolute atomic E-state index is 12.2. The Morgan fingerprint density at radius 1 is 1.06 bits per heavy atom. The maximum atomic E-state index is 12.2. The van der Waals surface area contributed by atoms with Crippen molar-refractivity contribution in [2.75, 3.05) is 0 Å². The summed E-state index contributed by atoms with van der Waals surface area (Å²) in [6.45, 7) is 4.89. The van der Waals surface area contributed by atoms with Crippen molar-refractivity contribution in [2.45, 2.75) is 51.4 Å². The zero-order valence-electron chi connectivity index (χ0n) is 17.6. The minimum Gasteiger partial charge on any atom is -0.479 e. The predicted molar refractivity (Wildman–Crippen MR) is 117 cm³/mol. The van der Waals surface area contributed by atoms with Gasteiger partial charge in [0.05, 0.1) is 0 Å². The van der Waals surface area contributed by atoms with Crippen LogP contribution in [0.15, 0.2) is 48.5 Å². The third kappa shape index (κ3) is 8.03. The molecule has 0 heterocycles. The van der Waals surface area contributed by atoms with Gasteiger partial charge in [0.25, 0.3) is 0 Å². The molecule has 2 atom stereocenters. The van der Waals surface area contributed by atoms with Gasteiger partial charge in [0.15, 0.2) is 6.10 Å². The Morgan fingerprint density at radius 3 is 2.26 bits per heavy atom. The molecule has 0 fully saturated rings. The van der Waals surface area contributed by atoms with Crippen molar-refractivity contribution >= 4 is 29.4 Å². The van der Waals surface area contributed by atoms with E-state index < -0.39 is 35.6 Å². The number of aliphatic carboxylic acids is 1. The summed E-state index contributed by atoms with van der Waals surface area (Å²) in [5.41, 5.74) is 1.82. The van der Waals surface area contributed by atoms with Gasteiger partial charge in [-0.1, -0.05) is 48.0 Å². The van der Waals surface area contributed by atoms with E-state index in [1.165, 1.54) is 0 Å². The largest absolute Gasteiger partial charge is 0.479 e. The molecule has 0 saturated carbocycles. The molecule has 1 amide bonds. The number of halogens is 1. The number of carboxylic acid groups (broad SMARTS) is 1. The number of rotatable bonds is 7. The van der Waals surface area contributed by atoms with Crippen LogP contribution in [-0.2, 0) is 25.5 Å². The van der Waals surface area contributed by atoms with E-state index in [-0.39, 0.29) is 12.8 Å². The van der Waals surface area contributed by atoms with Crippen molar-refractivity contribution in [1.82, 2.24) is 5.32 Å². The number of ether oxygens (including phenoxy) is 1. The number of aliphatic hydroxyl groups excluding tert-OH is 1. The molecule has 2 unspecified atom stereocenters.